The Morgan fingerprint density at radius 3 is 2.57 bits per heavy atom. The molecular formula is C22H24BrN3O4. The van der Waals surface area contributed by atoms with Crippen molar-refractivity contribution in [3.8, 4) is 0 Å². The maximum atomic E-state index is 12.8. The van der Waals surface area contributed by atoms with Gasteiger partial charge in [0.25, 0.3) is 0 Å². The summed E-state index contributed by atoms with van der Waals surface area (Å²) in [4.78, 5) is 38.7. The number of hydrogen-bond donors (Lipinski definition) is 2. The van der Waals surface area contributed by atoms with E-state index in [0.717, 1.165) is 15.6 Å². The Morgan fingerprint density at radius 1 is 1.13 bits per heavy atom. The van der Waals surface area contributed by atoms with Gasteiger partial charge in [-0.3, -0.25) is 14.5 Å². The van der Waals surface area contributed by atoms with Gasteiger partial charge in [-0.25, -0.2) is 4.79 Å². The van der Waals surface area contributed by atoms with Crippen molar-refractivity contribution in [1.29, 1.82) is 0 Å². The monoisotopic (exact) mass is 473 g/mol. The van der Waals surface area contributed by atoms with Gasteiger partial charge >= 0.3 is 6.09 Å². The SMILES string of the molecule is NC(=O)[C@@H](Cc1cccc(Br)c1)NC(=O)[C@H]1CCCN1C(=O)OCc1ccccc1. The molecule has 3 N–H and O–H groups in total. The minimum Gasteiger partial charge on any atom is -0.445 e. The van der Waals surface area contributed by atoms with E-state index in [4.69, 9.17) is 10.5 Å². The van der Waals surface area contributed by atoms with Crippen LogP contribution in [0.5, 0.6) is 0 Å². The molecule has 1 heterocycles. The normalized spacial score (nSPS) is 16.7. The molecule has 1 aliphatic heterocycles. The zero-order valence-corrected chi connectivity index (χ0v) is 18.0. The fourth-order valence-corrected chi connectivity index (χ4v) is 3.90. The molecule has 8 heteroatoms. The third-order valence-electron chi connectivity index (χ3n) is 4.98. The Balaban J connectivity index is 1.60. The van der Waals surface area contributed by atoms with E-state index in [-0.39, 0.29) is 13.0 Å². The quantitative estimate of drug-likeness (QED) is 0.645. The fourth-order valence-electron chi connectivity index (χ4n) is 3.45. The van der Waals surface area contributed by atoms with E-state index in [0.29, 0.717) is 19.4 Å². The van der Waals surface area contributed by atoms with Crippen molar-refractivity contribution in [3.63, 3.8) is 0 Å². The zero-order valence-electron chi connectivity index (χ0n) is 16.4. The van der Waals surface area contributed by atoms with Crippen molar-refractivity contribution in [2.45, 2.75) is 38.0 Å². The lowest BCUT2D eigenvalue weighted by Gasteiger charge is -2.25. The Morgan fingerprint density at radius 2 is 1.87 bits per heavy atom. The number of hydrogen-bond acceptors (Lipinski definition) is 4. The number of likely N-dealkylation sites (tertiary alicyclic amines) is 1. The van der Waals surface area contributed by atoms with Crippen molar-refractivity contribution in [2.24, 2.45) is 5.73 Å². The Kier molecular flexibility index (Phi) is 7.46. The number of rotatable bonds is 7. The lowest BCUT2D eigenvalue weighted by molar-refractivity contribution is -0.130. The van der Waals surface area contributed by atoms with Crippen molar-refractivity contribution in [2.75, 3.05) is 6.54 Å². The van der Waals surface area contributed by atoms with Crippen LogP contribution in [0.1, 0.15) is 24.0 Å². The zero-order chi connectivity index (χ0) is 21.5. The predicted octanol–water partition coefficient (Wildman–Crippen LogP) is 2.76. The number of carbonyl (C=O) groups is 3. The van der Waals surface area contributed by atoms with Gasteiger partial charge in [-0.1, -0.05) is 58.4 Å². The molecule has 2 aromatic carbocycles. The Hall–Kier alpha value is -2.87. The summed E-state index contributed by atoms with van der Waals surface area (Å²) in [6.45, 7) is 0.565. The predicted molar refractivity (Wildman–Crippen MR) is 115 cm³/mol. The summed E-state index contributed by atoms with van der Waals surface area (Å²) in [6, 6.07) is 15.2. The molecule has 0 unspecified atom stereocenters. The second kappa shape index (κ2) is 10.2. The minimum absolute atomic E-state index is 0.136. The highest BCUT2D eigenvalue weighted by molar-refractivity contribution is 9.10. The molecular weight excluding hydrogens is 450 g/mol. The van der Waals surface area contributed by atoms with Crippen LogP contribution in [0.15, 0.2) is 59.1 Å². The van der Waals surface area contributed by atoms with Gasteiger partial charge in [-0.05, 0) is 36.1 Å². The summed E-state index contributed by atoms with van der Waals surface area (Å²) in [5.74, 6) is -1.03. The summed E-state index contributed by atoms with van der Waals surface area (Å²) in [6.07, 6.45) is 0.922. The number of nitrogens with one attached hydrogen (secondary N) is 1. The molecule has 0 radical (unpaired) electrons. The van der Waals surface area contributed by atoms with Crippen LogP contribution in [0, 0.1) is 0 Å². The molecule has 30 heavy (non-hydrogen) atoms. The first-order valence-electron chi connectivity index (χ1n) is 9.75. The number of ether oxygens (including phenoxy) is 1. The van der Waals surface area contributed by atoms with Gasteiger partial charge in [0, 0.05) is 17.4 Å². The minimum atomic E-state index is -0.866. The first-order valence-corrected chi connectivity index (χ1v) is 10.5. The number of amides is 3. The first-order chi connectivity index (χ1) is 14.4. The van der Waals surface area contributed by atoms with Crippen LogP contribution in [0.25, 0.3) is 0 Å². The van der Waals surface area contributed by atoms with Gasteiger partial charge in [0.05, 0.1) is 0 Å². The molecule has 0 saturated carbocycles. The number of carbonyl (C=O) groups excluding carboxylic acids is 3. The molecule has 2 atom stereocenters. The molecule has 1 aliphatic rings. The van der Waals surface area contributed by atoms with Crippen molar-refractivity contribution in [3.05, 3.63) is 70.2 Å². The van der Waals surface area contributed by atoms with Crippen LogP contribution in [-0.4, -0.2) is 41.4 Å². The van der Waals surface area contributed by atoms with Gasteiger partial charge in [0.15, 0.2) is 0 Å². The molecule has 0 spiro atoms. The molecule has 3 amide bonds. The van der Waals surface area contributed by atoms with Crippen molar-refractivity contribution >= 4 is 33.8 Å². The topological polar surface area (TPSA) is 102 Å². The summed E-state index contributed by atoms with van der Waals surface area (Å²) >= 11 is 3.39. The van der Waals surface area contributed by atoms with E-state index in [9.17, 15) is 14.4 Å². The highest BCUT2D eigenvalue weighted by Crippen LogP contribution is 2.20. The van der Waals surface area contributed by atoms with E-state index in [1.165, 1.54) is 4.90 Å². The Bertz CT molecular complexity index is 906. The lowest BCUT2D eigenvalue weighted by atomic mass is 10.0. The second-order valence-electron chi connectivity index (χ2n) is 7.19. The Labute approximate surface area is 183 Å². The first kappa shape index (κ1) is 21.8. The summed E-state index contributed by atoms with van der Waals surface area (Å²) in [5.41, 5.74) is 7.24. The van der Waals surface area contributed by atoms with Gasteiger partial charge < -0.3 is 15.8 Å². The number of nitrogens with zero attached hydrogens (tertiary/aromatic N) is 1. The van der Waals surface area contributed by atoms with Gasteiger partial charge in [0.1, 0.15) is 18.7 Å². The van der Waals surface area contributed by atoms with E-state index < -0.39 is 30.0 Å². The van der Waals surface area contributed by atoms with Gasteiger partial charge in [-0.2, -0.15) is 0 Å². The number of nitrogens with two attached hydrogens (primary N) is 1. The van der Waals surface area contributed by atoms with E-state index >= 15 is 0 Å². The largest absolute Gasteiger partial charge is 0.445 e. The molecule has 1 fully saturated rings. The molecule has 158 valence electrons. The molecule has 3 rings (SSSR count). The molecule has 1 saturated heterocycles. The smallest absolute Gasteiger partial charge is 0.410 e. The van der Waals surface area contributed by atoms with Crippen LogP contribution in [0.3, 0.4) is 0 Å². The summed E-state index contributed by atoms with van der Waals surface area (Å²) in [7, 11) is 0. The standard InChI is InChI=1S/C22H24BrN3O4/c23-17-9-4-8-16(12-17)13-18(20(24)27)25-21(28)19-10-5-11-26(19)22(29)30-14-15-6-2-1-3-7-15/h1-4,6-9,12,18-19H,5,10-11,13-14H2,(H2,24,27)(H,25,28)/t18-,19-/m1/s1. The van der Waals surface area contributed by atoms with E-state index in [1.807, 2.05) is 54.6 Å². The molecule has 0 aromatic heterocycles. The fraction of sp³-hybridized carbons (Fsp3) is 0.318. The number of benzene rings is 2. The summed E-state index contributed by atoms with van der Waals surface area (Å²) < 4.78 is 6.24. The van der Waals surface area contributed by atoms with E-state index in [2.05, 4.69) is 21.2 Å². The third kappa shape index (κ3) is 5.82. The third-order valence-corrected chi connectivity index (χ3v) is 5.48. The molecule has 0 bridgehead atoms. The lowest BCUT2D eigenvalue weighted by Crippen LogP contribution is -2.53. The number of primary amides is 1. The van der Waals surface area contributed by atoms with Crippen LogP contribution in [-0.2, 0) is 27.4 Å². The van der Waals surface area contributed by atoms with Crippen molar-refractivity contribution < 1.29 is 19.1 Å². The average Bonchev–Trinajstić information content (AvgIpc) is 3.22. The van der Waals surface area contributed by atoms with E-state index in [1.54, 1.807) is 0 Å². The highest BCUT2D eigenvalue weighted by Gasteiger charge is 2.36. The number of halogens is 1. The van der Waals surface area contributed by atoms with Crippen LogP contribution in [0.4, 0.5) is 4.79 Å². The maximum Gasteiger partial charge on any atom is 0.410 e. The second-order valence-corrected chi connectivity index (χ2v) is 8.10. The molecule has 7 nitrogen and oxygen atoms in total. The molecule has 0 aliphatic carbocycles. The maximum absolute atomic E-state index is 12.8. The van der Waals surface area contributed by atoms with Crippen LogP contribution in [0.2, 0.25) is 0 Å². The summed E-state index contributed by atoms with van der Waals surface area (Å²) in [5, 5.41) is 2.71. The van der Waals surface area contributed by atoms with Gasteiger partial charge in [0.2, 0.25) is 11.8 Å². The van der Waals surface area contributed by atoms with Crippen LogP contribution < -0.4 is 11.1 Å². The van der Waals surface area contributed by atoms with Crippen molar-refractivity contribution in [1.82, 2.24) is 10.2 Å². The van der Waals surface area contributed by atoms with Crippen LogP contribution >= 0.6 is 15.9 Å². The average molecular weight is 474 g/mol. The highest BCUT2D eigenvalue weighted by atomic mass is 79.9. The van der Waals surface area contributed by atoms with Gasteiger partial charge in [-0.15, -0.1) is 0 Å². The molecule has 2 aromatic rings.